The number of carbonyl (C=O) groups is 1. The topological polar surface area (TPSA) is 93.5 Å². The zero-order chi connectivity index (χ0) is 14.7. The van der Waals surface area contributed by atoms with Crippen molar-refractivity contribution in [1.82, 2.24) is 5.32 Å². The summed E-state index contributed by atoms with van der Waals surface area (Å²) in [4.78, 5) is 21.8. The minimum absolute atomic E-state index is 0.0812. The third-order valence-corrected chi connectivity index (χ3v) is 3.21. The fraction of sp³-hybridized carbons (Fsp3) is 0.417. The Bertz CT molecular complexity index is 537. The number of nitro benzene ring substituents is 1. The summed E-state index contributed by atoms with van der Waals surface area (Å²) in [5.74, 6) is -1.64. The van der Waals surface area contributed by atoms with Crippen LogP contribution in [0.3, 0.4) is 0 Å². The number of nitrogens with zero attached hydrogens (tertiary/aromatic N) is 1. The van der Waals surface area contributed by atoms with Gasteiger partial charge >= 0.3 is 0 Å². The summed E-state index contributed by atoms with van der Waals surface area (Å²) in [6, 6.07) is 2.96. The average Bonchev–Trinajstić information content (AvgIpc) is 2.89. The highest BCUT2D eigenvalue weighted by molar-refractivity contribution is 5.93. The smallest absolute Gasteiger partial charge is 0.272 e. The van der Waals surface area contributed by atoms with Crippen LogP contribution in [0.25, 0.3) is 0 Å². The quantitative estimate of drug-likeness (QED) is 0.632. The second-order valence-electron chi connectivity index (χ2n) is 4.45. The van der Waals surface area contributed by atoms with Crippen LogP contribution >= 0.6 is 0 Å². The Morgan fingerprint density at radius 1 is 1.50 bits per heavy atom. The molecule has 1 aliphatic heterocycles. The lowest BCUT2D eigenvalue weighted by Crippen LogP contribution is -2.39. The van der Waals surface area contributed by atoms with Gasteiger partial charge in [0.15, 0.2) is 5.82 Å². The number of nitro groups is 1. The highest BCUT2D eigenvalue weighted by Crippen LogP contribution is 2.22. The number of anilines is 1. The van der Waals surface area contributed by atoms with Crippen LogP contribution in [-0.4, -0.2) is 37.1 Å². The number of amides is 1. The summed E-state index contributed by atoms with van der Waals surface area (Å²) in [7, 11) is 1.71. The van der Waals surface area contributed by atoms with Crippen molar-refractivity contribution in [1.29, 1.82) is 0 Å². The van der Waals surface area contributed by atoms with Gasteiger partial charge in [-0.15, -0.1) is 0 Å². The van der Waals surface area contributed by atoms with Crippen LogP contribution in [0.5, 0.6) is 0 Å². The van der Waals surface area contributed by atoms with Crippen LogP contribution in [0.2, 0.25) is 0 Å². The lowest BCUT2D eigenvalue weighted by Gasteiger charge is -2.16. The molecule has 8 heteroatoms. The molecule has 0 radical (unpaired) electrons. The molecular weight excluding hydrogens is 269 g/mol. The van der Waals surface area contributed by atoms with Crippen LogP contribution in [0.4, 0.5) is 15.8 Å². The van der Waals surface area contributed by atoms with Gasteiger partial charge in [-0.2, -0.15) is 0 Å². The molecule has 1 aliphatic rings. The van der Waals surface area contributed by atoms with Crippen LogP contribution in [0.1, 0.15) is 0 Å². The van der Waals surface area contributed by atoms with E-state index in [1.54, 1.807) is 7.05 Å². The Morgan fingerprint density at radius 2 is 2.25 bits per heavy atom. The molecule has 0 bridgehead atoms. The highest BCUT2D eigenvalue weighted by atomic mass is 19.1. The molecule has 0 aliphatic carbocycles. The summed E-state index contributed by atoms with van der Waals surface area (Å²) in [6.07, 6.45) is 0. The van der Waals surface area contributed by atoms with Gasteiger partial charge in [-0.1, -0.05) is 0 Å². The van der Waals surface area contributed by atoms with E-state index in [1.165, 1.54) is 6.07 Å². The van der Waals surface area contributed by atoms with Gasteiger partial charge in [0.25, 0.3) is 5.69 Å². The minimum Gasteiger partial charge on any atom is -0.379 e. The number of likely N-dealkylation sites (N-methyl/N-ethyl adjacent to an activating group) is 1. The lowest BCUT2D eigenvalue weighted by molar-refractivity contribution is -0.385. The first-order valence-corrected chi connectivity index (χ1v) is 6.02. The second kappa shape index (κ2) is 5.93. The molecule has 0 spiro atoms. The summed E-state index contributed by atoms with van der Waals surface area (Å²) in [6.45, 7) is 0.670. The molecule has 1 amide bonds. The maximum absolute atomic E-state index is 13.7. The number of non-ortho nitro benzene ring substituents is 1. The molecule has 0 aromatic heterocycles. The number of carbonyl (C=O) groups excluding carboxylic acids is 1. The van der Waals surface area contributed by atoms with E-state index in [2.05, 4.69) is 10.6 Å². The predicted molar refractivity (Wildman–Crippen MR) is 68.8 cm³/mol. The fourth-order valence-corrected chi connectivity index (χ4v) is 2.04. The molecule has 2 N–H and O–H groups in total. The van der Waals surface area contributed by atoms with Crippen LogP contribution in [0, 0.1) is 21.8 Å². The van der Waals surface area contributed by atoms with Crippen LogP contribution in [0.15, 0.2) is 18.2 Å². The van der Waals surface area contributed by atoms with Crippen molar-refractivity contribution in [3.8, 4) is 0 Å². The largest absolute Gasteiger partial charge is 0.379 e. The molecule has 2 rings (SSSR count). The lowest BCUT2D eigenvalue weighted by atomic mass is 10.0. The van der Waals surface area contributed by atoms with Gasteiger partial charge in [-0.25, -0.2) is 4.39 Å². The fourth-order valence-electron chi connectivity index (χ4n) is 2.04. The van der Waals surface area contributed by atoms with E-state index >= 15 is 0 Å². The number of halogens is 1. The Balaban J connectivity index is 2.10. The number of nitrogens with one attached hydrogen (secondary N) is 2. The van der Waals surface area contributed by atoms with Crippen molar-refractivity contribution in [3.63, 3.8) is 0 Å². The molecule has 2 unspecified atom stereocenters. The van der Waals surface area contributed by atoms with Crippen molar-refractivity contribution < 1.29 is 18.8 Å². The molecule has 1 aromatic rings. The Labute approximate surface area is 114 Å². The standard InChI is InChI=1S/C12H14FN3O4/c1-14-11-6-20-5-8(11)12(17)15-10-3-2-7(16(18)19)4-9(10)13/h2-4,8,11,14H,5-6H2,1H3,(H,15,17). The highest BCUT2D eigenvalue weighted by Gasteiger charge is 2.33. The number of rotatable bonds is 4. The summed E-state index contributed by atoms with van der Waals surface area (Å²) in [5.41, 5.74) is -0.444. The molecule has 1 heterocycles. The van der Waals surface area contributed by atoms with Crippen molar-refractivity contribution in [3.05, 3.63) is 34.1 Å². The monoisotopic (exact) mass is 283 g/mol. The molecule has 7 nitrogen and oxygen atoms in total. The van der Waals surface area contributed by atoms with Gasteiger partial charge in [-0.05, 0) is 13.1 Å². The summed E-state index contributed by atoms with van der Waals surface area (Å²) < 4.78 is 18.9. The molecule has 2 atom stereocenters. The molecule has 0 saturated carbocycles. The number of hydrogen-bond acceptors (Lipinski definition) is 5. The van der Waals surface area contributed by atoms with E-state index < -0.39 is 16.7 Å². The third kappa shape index (κ3) is 2.91. The van der Waals surface area contributed by atoms with Gasteiger partial charge in [0.1, 0.15) is 0 Å². The normalized spacial score (nSPS) is 21.7. The first-order valence-electron chi connectivity index (χ1n) is 6.02. The Morgan fingerprint density at radius 3 is 2.85 bits per heavy atom. The predicted octanol–water partition coefficient (Wildman–Crippen LogP) is 0.907. The van der Waals surface area contributed by atoms with E-state index in [0.717, 1.165) is 12.1 Å². The maximum atomic E-state index is 13.7. The van der Waals surface area contributed by atoms with Gasteiger partial charge in [0.05, 0.1) is 35.8 Å². The summed E-state index contributed by atoms with van der Waals surface area (Å²) in [5, 5.41) is 15.9. The van der Waals surface area contributed by atoms with E-state index in [-0.39, 0.29) is 29.9 Å². The van der Waals surface area contributed by atoms with Crippen LogP contribution < -0.4 is 10.6 Å². The van der Waals surface area contributed by atoms with Crippen molar-refractivity contribution >= 4 is 17.3 Å². The number of benzene rings is 1. The third-order valence-electron chi connectivity index (χ3n) is 3.21. The average molecular weight is 283 g/mol. The van der Waals surface area contributed by atoms with E-state index in [9.17, 15) is 19.3 Å². The van der Waals surface area contributed by atoms with Crippen molar-refractivity contribution in [2.24, 2.45) is 5.92 Å². The van der Waals surface area contributed by atoms with E-state index in [0.29, 0.717) is 6.61 Å². The Hall–Kier alpha value is -2.06. The van der Waals surface area contributed by atoms with Gasteiger partial charge < -0.3 is 15.4 Å². The van der Waals surface area contributed by atoms with Gasteiger partial charge in [0, 0.05) is 12.1 Å². The maximum Gasteiger partial charge on any atom is 0.272 e. The van der Waals surface area contributed by atoms with Crippen molar-refractivity contribution in [2.75, 3.05) is 25.6 Å². The number of hydrogen-bond donors (Lipinski definition) is 2. The van der Waals surface area contributed by atoms with Gasteiger partial charge in [-0.3, -0.25) is 14.9 Å². The second-order valence-corrected chi connectivity index (χ2v) is 4.45. The first-order chi connectivity index (χ1) is 9.52. The summed E-state index contributed by atoms with van der Waals surface area (Å²) >= 11 is 0. The van der Waals surface area contributed by atoms with Gasteiger partial charge in [0.2, 0.25) is 5.91 Å². The zero-order valence-electron chi connectivity index (χ0n) is 10.8. The first kappa shape index (κ1) is 14.4. The van der Waals surface area contributed by atoms with E-state index in [4.69, 9.17) is 4.74 Å². The molecular formula is C12H14FN3O4. The van der Waals surface area contributed by atoms with Crippen LogP contribution in [-0.2, 0) is 9.53 Å². The minimum atomic E-state index is -0.840. The molecule has 20 heavy (non-hydrogen) atoms. The SMILES string of the molecule is CNC1COCC1C(=O)Nc1ccc([N+](=O)[O-])cc1F. The zero-order valence-corrected chi connectivity index (χ0v) is 10.8. The van der Waals surface area contributed by atoms with E-state index in [1.807, 2.05) is 0 Å². The number of ether oxygens (including phenoxy) is 1. The molecule has 1 saturated heterocycles. The van der Waals surface area contributed by atoms with Crippen molar-refractivity contribution in [2.45, 2.75) is 6.04 Å². The molecule has 1 aromatic carbocycles. The molecule has 1 fully saturated rings. The Kier molecular flexibility index (Phi) is 4.26. The molecule has 108 valence electrons.